The summed E-state index contributed by atoms with van der Waals surface area (Å²) in [5.41, 5.74) is 20.1. The highest BCUT2D eigenvalue weighted by molar-refractivity contribution is 5.93. The standard InChI is InChI=1S/C58H41N3O2/c59-38-61-52(37-48(39-18-4-1-5-19-39)40-20-16-21-41(36-40)51-31-14-15-35-60-51)45-27-11-10-26-44(45)46-29-17-32-53-56(46)63-57-54(62-53)34-33-50-55(57)47-28-12-13-30-49(47)58(50,42-22-6-2-7-23-42)43-24-8-3-9-25-43/h1-38,48H,(H2,59,61)/b52-37-. The zero-order chi connectivity index (χ0) is 42.2. The number of aliphatic imine (C=N–C) groups is 1. The second-order valence-electron chi connectivity index (χ2n) is 15.8. The van der Waals surface area contributed by atoms with Gasteiger partial charge < -0.3 is 15.2 Å². The molecule has 2 heterocycles. The Morgan fingerprint density at radius 3 is 1.90 bits per heavy atom. The summed E-state index contributed by atoms with van der Waals surface area (Å²) >= 11 is 0. The molecule has 0 bridgehead atoms. The Kier molecular flexibility index (Phi) is 9.55. The Morgan fingerprint density at radius 2 is 1.16 bits per heavy atom. The van der Waals surface area contributed by atoms with Crippen LogP contribution in [0.4, 0.5) is 0 Å². The highest BCUT2D eigenvalue weighted by Crippen LogP contribution is 2.63. The molecule has 2 aliphatic rings. The molecule has 0 amide bonds. The van der Waals surface area contributed by atoms with Crippen molar-refractivity contribution >= 4 is 12.0 Å². The van der Waals surface area contributed by atoms with Crippen LogP contribution in [0.3, 0.4) is 0 Å². The summed E-state index contributed by atoms with van der Waals surface area (Å²) in [5, 5.41) is 0. The fraction of sp³-hybridized carbons (Fsp3) is 0.0345. The Morgan fingerprint density at radius 1 is 0.524 bits per heavy atom. The van der Waals surface area contributed by atoms with Crippen LogP contribution in [0.5, 0.6) is 23.0 Å². The maximum absolute atomic E-state index is 7.28. The largest absolute Gasteiger partial charge is 0.449 e. The van der Waals surface area contributed by atoms with E-state index in [-0.39, 0.29) is 5.92 Å². The molecule has 0 saturated carbocycles. The predicted molar refractivity (Wildman–Crippen MR) is 254 cm³/mol. The first-order valence-corrected chi connectivity index (χ1v) is 21.2. The number of rotatable bonds is 9. The molecule has 11 rings (SSSR count). The zero-order valence-electron chi connectivity index (χ0n) is 34.3. The van der Waals surface area contributed by atoms with E-state index in [1.54, 1.807) is 0 Å². The van der Waals surface area contributed by atoms with Crippen molar-refractivity contribution in [2.24, 2.45) is 10.7 Å². The highest BCUT2D eigenvalue weighted by Gasteiger charge is 2.48. The number of nitrogens with zero attached hydrogens (tertiary/aromatic N) is 2. The van der Waals surface area contributed by atoms with E-state index in [0.717, 1.165) is 61.5 Å². The van der Waals surface area contributed by atoms with E-state index in [2.05, 4.69) is 175 Å². The summed E-state index contributed by atoms with van der Waals surface area (Å²) in [4.78, 5) is 9.52. The third-order valence-corrected chi connectivity index (χ3v) is 12.3. The van der Waals surface area contributed by atoms with Gasteiger partial charge in [-0.3, -0.25) is 4.98 Å². The third-order valence-electron chi connectivity index (χ3n) is 12.3. The molecular formula is C58H41N3O2. The van der Waals surface area contributed by atoms with Gasteiger partial charge in [-0.15, -0.1) is 0 Å². The van der Waals surface area contributed by atoms with Crippen molar-refractivity contribution in [2.45, 2.75) is 11.3 Å². The Bertz CT molecular complexity index is 3140. The van der Waals surface area contributed by atoms with E-state index >= 15 is 0 Å². The molecule has 0 radical (unpaired) electrons. The van der Waals surface area contributed by atoms with Gasteiger partial charge in [0.15, 0.2) is 23.0 Å². The number of fused-ring (bicyclic) bond motifs is 6. The topological polar surface area (TPSA) is 69.7 Å². The number of nitrogens with two attached hydrogens (primary N) is 1. The summed E-state index contributed by atoms with van der Waals surface area (Å²) in [6.45, 7) is 0. The Labute approximate surface area is 367 Å². The van der Waals surface area contributed by atoms with Crippen LogP contribution in [-0.2, 0) is 5.41 Å². The minimum Gasteiger partial charge on any atom is -0.449 e. The van der Waals surface area contributed by atoms with Crippen LogP contribution in [0.2, 0.25) is 0 Å². The fourth-order valence-corrected chi connectivity index (χ4v) is 9.65. The average Bonchev–Trinajstić information content (AvgIpc) is 3.67. The molecule has 8 aromatic carbocycles. The SMILES string of the molecule is NC=N/C(=C\C(c1ccccc1)c1cccc(-c2ccccn2)c1)c1ccccc1-c1cccc2c1Oc1c(ccc3c1-c1ccccc1C3(c1ccccc1)c1ccccc1)O2. The maximum Gasteiger partial charge on any atom is 0.178 e. The molecule has 9 aromatic rings. The molecule has 1 aromatic heterocycles. The van der Waals surface area contributed by atoms with E-state index in [9.17, 15) is 0 Å². The van der Waals surface area contributed by atoms with Gasteiger partial charge in [-0.05, 0) is 80.9 Å². The molecule has 1 aliphatic heterocycles. The molecule has 300 valence electrons. The van der Waals surface area contributed by atoms with Crippen LogP contribution in [0.15, 0.2) is 230 Å². The minimum atomic E-state index is -0.578. The van der Waals surface area contributed by atoms with Crippen molar-refractivity contribution in [1.29, 1.82) is 0 Å². The molecule has 1 aliphatic carbocycles. The van der Waals surface area contributed by atoms with Crippen LogP contribution >= 0.6 is 0 Å². The highest BCUT2D eigenvalue weighted by atomic mass is 16.6. The van der Waals surface area contributed by atoms with Crippen molar-refractivity contribution in [3.05, 3.63) is 264 Å². The second-order valence-corrected chi connectivity index (χ2v) is 15.8. The first-order chi connectivity index (χ1) is 31.2. The van der Waals surface area contributed by atoms with Gasteiger partial charge in [-0.25, -0.2) is 4.99 Å². The average molecular weight is 812 g/mol. The molecule has 1 atom stereocenters. The summed E-state index contributed by atoms with van der Waals surface area (Å²) < 4.78 is 14.1. The normalized spacial score (nSPS) is 13.8. The molecule has 0 spiro atoms. The van der Waals surface area contributed by atoms with Gasteiger partial charge in [-0.1, -0.05) is 182 Å². The lowest BCUT2D eigenvalue weighted by atomic mass is 9.68. The lowest BCUT2D eigenvalue weighted by Gasteiger charge is -2.34. The predicted octanol–water partition coefficient (Wildman–Crippen LogP) is 13.8. The van der Waals surface area contributed by atoms with Crippen molar-refractivity contribution in [2.75, 3.05) is 0 Å². The molecule has 1 unspecified atom stereocenters. The van der Waals surface area contributed by atoms with Crippen LogP contribution in [0, 0.1) is 0 Å². The lowest BCUT2D eigenvalue weighted by molar-refractivity contribution is 0.361. The second kappa shape index (κ2) is 16.0. The summed E-state index contributed by atoms with van der Waals surface area (Å²) in [6.07, 6.45) is 5.40. The first kappa shape index (κ1) is 37.7. The van der Waals surface area contributed by atoms with Gasteiger partial charge in [0.25, 0.3) is 0 Å². The number of hydrogen-bond acceptors (Lipinski definition) is 4. The van der Waals surface area contributed by atoms with Gasteiger partial charge in [-0.2, -0.15) is 0 Å². The van der Waals surface area contributed by atoms with Crippen molar-refractivity contribution < 1.29 is 9.47 Å². The monoisotopic (exact) mass is 811 g/mol. The van der Waals surface area contributed by atoms with Crippen LogP contribution < -0.4 is 15.2 Å². The quantitative estimate of drug-likeness (QED) is 0.116. The molecule has 63 heavy (non-hydrogen) atoms. The van der Waals surface area contributed by atoms with Crippen LogP contribution in [0.25, 0.3) is 39.2 Å². The fourth-order valence-electron chi connectivity index (χ4n) is 9.65. The van der Waals surface area contributed by atoms with Gasteiger partial charge in [0.1, 0.15) is 0 Å². The molecule has 5 heteroatoms. The van der Waals surface area contributed by atoms with Gasteiger partial charge in [0.2, 0.25) is 0 Å². The first-order valence-electron chi connectivity index (χ1n) is 21.2. The summed E-state index contributed by atoms with van der Waals surface area (Å²) in [5.74, 6) is 2.48. The van der Waals surface area contributed by atoms with Crippen molar-refractivity contribution in [1.82, 2.24) is 4.98 Å². The Balaban J connectivity index is 1.06. The third kappa shape index (κ3) is 6.41. The van der Waals surface area contributed by atoms with Gasteiger partial charge >= 0.3 is 0 Å². The summed E-state index contributed by atoms with van der Waals surface area (Å²) in [7, 11) is 0. The number of pyridine rings is 1. The number of ether oxygens (including phenoxy) is 2. The number of para-hydroxylation sites is 1. The van der Waals surface area contributed by atoms with Gasteiger partial charge in [0, 0.05) is 34.4 Å². The zero-order valence-corrected chi connectivity index (χ0v) is 34.3. The van der Waals surface area contributed by atoms with Crippen LogP contribution in [-0.4, -0.2) is 11.3 Å². The Hall–Kier alpha value is -8.28. The van der Waals surface area contributed by atoms with Crippen molar-refractivity contribution in [3.8, 4) is 56.5 Å². The molecule has 0 saturated heterocycles. The van der Waals surface area contributed by atoms with Crippen molar-refractivity contribution in [3.63, 3.8) is 0 Å². The number of benzene rings is 8. The van der Waals surface area contributed by atoms with E-state index in [1.807, 2.05) is 54.7 Å². The van der Waals surface area contributed by atoms with Crippen LogP contribution in [0.1, 0.15) is 44.9 Å². The lowest BCUT2D eigenvalue weighted by Crippen LogP contribution is -2.28. The van der Waals surface area contributed by atoms with Gasteiger partial charge in [0.05, 0.1) is 23.1 Å². The van der Waals surface area contributed by atoms with E-state index in [0.29, 0.717) is 23.0 Å². The smallest absolute Gasteiger partial charge is 0.178 e. The van der Waals surface area contributed by atoms with E-state index < -0.39 is 5.41 Å². The molecule has 0 fully saturated rings. The molecule has 2 N–H and O–H groups in total. The van der Waals surface area contributed by atoms with E-state index in [4.69, 9.17) is 20.2 Å². The molecule has 5 nitrogen and oxygen atoms in total. The number of hydrogen-bond donors (Lipinski definition) is 1. The summed E-state index contributed by atoms with van der Waals surface area (Å²) in [6, 6.07) is 74.0. The van der Waals surface area contributed by atoms with E-state index in [1.165, 1.54) is 23.0 Å². The molecular weight excluding hydrogens is 771 g/mol. The minimum absolute atomic E-state index is 0.157. The maximum atomic E-state index is 7.28. The number of aromatic nitrogens is 1. The number of allylic oxidation sites excluding steroid dienone is 1.